The maximum absolute atomic E-state index is 12.1. The molecule has 3 aromatic carbocycles. The van der Waals surface area contributed by atoms with Crippen molar-refractivity contribution in [3.8, 4) is 16.9 Å². The lowest BCUT2D eigenvalue weighted by molar-refractivity contribution is 0.0827. The van der Waals surface area contributed by atoms with Gasteiger partial charge in [-0.1, -0.05) is 42.5 Å². The molecule has 1 amide bonds. The van der Waals surface area contributed by atoms with Gasteiger partial charge in [0.25, 0.3) is 5.91 Å². The fourth-order valence-corrected chi connectivity index (χ4v) is 3.14. The Morgan fingerprint density at radius 3 is 2.36 bits per heavy atom. The Labute approximate surface area is 166 Å². The summed E-state index contributed by atoms with van der Waals surface area (Å²) in [5.41, 5.74) is 6.10. The third kappa shape index (κ3) is 4.34. The number of rotatable bonds is 6. The van der Waals surface area contributed by atoms with Crippen LogP contribution in [0.3, 0.4) is 0 Å². The van der Waals surface area contributed by atoms with Crippen LogP contribution in [-0.4, -0.2) is 32.0 Å². The van der Waals surface area contributed by atoms with Crippen LogP contribution in [-0.2, 0) is 6.54 Å². The van der Waals surface area contributed by atoms with Crippen LogP contribution in [0.2, 0.25) is 0 Å². The van der Waals surface area contributed by atoms with E-state index in [9.17, 15) is 4.79 Å². The van der Waals surface area contributed by atoms with Gasteiger partial charge >= 0.3 is 0 Å². The van der Waals surface area contributed by atoms with Gasteiger partial charge < -0.3 is 15.0 Å². The van der Waals surface area contributed by atoms with Crippen LogP contribution in [0, 0.1) is 6.92 Å². The maximum Gasteiger partial charge on any atom is 0.253 e. The van der Waals surface area contributed by atoms with Crippen molar-refractivity contribution in [3.05, 3.63) is 83.4 Å². The lowest BCUT2D eigenvalue weighted by atomic mass is 10.0. The summed E-state index contributed by atoms with van der Waals surface area (Å²) in [6.45, 7) is 2.68. The lowest BCUT2D eigenvalue weighted by Crippen LogP contribution is -2.22. The van der Waals surface area contributed by atoms with Crippen molar-refractivity contribution in [3.63, 3.8) is 0 Å². The van der Waals surface area contributed by atoms with Crippen molar-refractivity contribution in [1.29, 1.82) is 0 Å². The van der Waals surface area contributed by atoms with Gasteiger partial charge in [0.05, 0.1) is 7.11 Å². The van der Waals surface area contributed by atoms with Gasteiger partial charge in [-0.15, -0.1) is 0 Å². The molecule has 0 spiro atoms. The Morgan fingerprint density at radius 1 is 1.00 bits per heavy atom. The third-order valence-electron chi connectivity index (χ3n) is 4.73. The highest BCUT2D eigenvalue weighted by molar-refractivity contribution is 5.95. The van der Waals surface area contributed by atoms with E-state index in [-0.39, 0.29) is 5.91 Å². The number of carbonyl (C=O) groups is 1. The van der Waals surface area contributed by atoms with Crippen molar-refractivity contribution in [2.24, 2.45) is 0 Å². The molecule has 0 aromatic heterocycles. The van der Waals surface area contributed by atoms with E-state index in [0.717, 1.165) is 33.7 Å². The van der Waals surface area contributed by atoms with Crippen molar-refractivity contribution in [2.75, 3.05) is 26.5 Å². The SMILES string of the molecule is COc1ccccc1-c1ccc(CNc2ccc(C(=O)N(C)C)c(C)c2)cc1. The van der Waals surface area contributed by atoms with Crippen molar-refractivity contribution < 1.29 is 9.53 Å². The number of hydrogen-bond acceptors (Lipinski definition) is 3. The minimum atomic E-state index is 0.0241. The number of amides is 1. The van der Waals surface area contributed by atoms with Gasteiger partial charge in [0.2, 0.25) is 0 Å². The maximum atomic E-state index is 12.1. The van der Waals surface area contributed by atoms with E-state index in [1.54, 1.807) is 26.1 Å². The minimum absolute atomic E-state index is 0.0241. The van der Waals surface area contributed by atoms with Gasteiger partial charge in [-0.05, 0) is 47.9 Å². The number of methoxy groups -OCH3 is 1. The van der Waals surface area contributed by atoms with Crippen LogP contribution in [0.25, 0.3) is 11.1 Å². The summed E-state index contributed by atoms with van der Waals surface area (Å²) in [6.07, 6.45) is 0. The number of anilines is 1. The first-order valence-electron chi connectivity index (χ1n) is 9.28. The number of hydrogen-bond donors (Lipinski definition) is 1. The van der Waals surface area contributed by atoms with Gasteiger partial charge in [0.15, 0.2) is 0 Å². The lowest BCUT2D eigenvalue weighted by Gasteiger charge is -2.14. The van der Waals surface area contributed by atoms with Crippen LogP contribution in [0.4, 0.5) is 5.69 Å². The average molecular weight is 374 g/mol. The summed E-state index contributed by atoms with van der Waals surface area (Å²) in [5, 5.41) is 3.43. The molecule has 0 radical (unpaired) electrons. The molecular formula is C24H26N2O2. The van der Waals surface area contributed by atoms with Crippen molar-refractivity contribution in [2.45, 2.75) is 13.5 Å². The minimum Gasteiger partial charge on any atom is -0.496 e. The van der Waals surface area contributed by atoms with Crippen LogP contribution in [0.1, 0.15) is 21.5 Å². The third-order valence-corrected chi connectivity index (χ3v) is 4.73. The number of benzene rings is 3. The van der Waals surface area contributed by atoms with E-state index in [2.05, 4.69) is 35.6 Å². The number of para-hydroxylation sites is 1. The molecule has 0 saturated heterocycles. The number of ether oxygens (including phenoxy) is 1. The van der Waals surface area contributed by atoms with Crippen LogP contribution < -0.4 is 10.1 Å². The molecule has 4 heteroatoms. The molecule has 0 unspecified atom stereocenters. The first kappa shape index (κ1) is 19.5. The van der Waals surface area contributed by atoms with Crippen LogP contribution in [0.5, 0.6) is 5.75 Å². The zero-order valence-electron chi connectivity index (χ0n) is 16.8. The van der Waals surface area contributed by atoms with Crippen LogP contribution in [0.15, 0.2) is 66.7 Å². The first-order valence-corrected chi connectivity index (χ1v) is 9.28. The molecule has 0 aliphatic carbocycles. The van der Waals surface area contributed by atoms with Gasteiger partial charge in [-0.2, -0.15) is 0 Å². The molecule has 3 aromatic rings. The number of nitrogens with one attached hydrogen (secondary N) is 1. The Morgan fingerprint density at radius 2 is 1.71 bits per heavy atom. The second kappa shape index (κ2) is 8.61. The summed E-state index contributed by atoms with van der Waals surface area (Å²) in [5.74, 6) is 0.896. The normalized spacial score (nSPS) is 10.4. The smallest absolute Gasteiger partial charge is 0.253 e. The molecule has 28 heavy (non-hydrogen) atoms. The van der Waals surface area contributed by atoms with E-state index in [4.69, 9.17) is 4.74 Å². The number of nitrogens with zero attached hydrogens (tertiary/aromatic N) is 1. The average Bonchev–Trinajstić information content (AvgIpc) is 2.72. The van der Waals surface area contributed by atoms with Gasteiger partial charge in [0.1, 0.15) is 5.75 Å². The van der Waals surface area contributed by atoms with E-state index in [1.807, 2.05) is 43.3 Å². The van der Waals surface area contributed by atoms with E-state index in [1.165, 1.54) is 5.56 Å². The predicted molar refractivity (Wildman–Crippen MR) is 115 cm³/mol. The molecule has 0 aliphatic rings. The Bertz CT molecular complexity index is 963. The quantitative estimate of drug-likeness (QED) is 0.661. The molecule has 0 atom stereocenters. The Hall–Kier alpha value is -3.27. The molecule has 0 fully saturated rings. The second-order valence-electron chi connectivity index (χ2n) is 6.98. The largest absolute Gasteiger partial charge is 0.496 e. The molecule has 3 rings (SSSR count). The van der Waals surface area contributed by atoms with E-state index in [0.29, 0.717) is 6.54 Å². The standard InChI is InChI=1S/C24H26N2O2/c1-17-15-20(13-14-21(17)24(27)26(2)3)25-16-18-9-11-19(12-10-18)22-7-5-6-8-23(22)28-4/h5-15,25H,16H2,1-4H3. The summed E-state index contributed by atoms with van der Waals surface area (Å²) >= 11 is 0. The Kier molecular flexibility index (Phi) is 5.99. The molecule has 0 heterocycles. The molecule has 1 N–H and O–H groups in total. The van der Waals surface area contributed by atoms with Gasteiger partial charge in [-0.25, -0.2) is 0 Å². The fourth-order valence-electron chi connectivity index (χ4n) is 3.14. The molecule has 0 saturated carbocycles. The Balaban J connectivity index is 1.68. The van der Waals surface area contributed by atoms with E-state index >= 15 is 0 Å². The molecular weight excluding hydrogens is 348 g/mol. The number of carbonyl (C=O) groups excluding carboxylic acids is 1. The summed E-state index contributed by atoms with van der Waals surface area (Å²) in [7, 11) is 5.22. The highest BCUT2D eigenvalue weighted by Crippen LogP contribution is 2.29. The zero-order chi connectivity index (χ0) is 20.1. The molecule has 0 bridgehead atoms. The van der Waals surface area contributed by atoms with E-state index < -0.39 is 0 Å². The molecule has 0 aliphatic heterocycles. The topological polar surface area (TPSA) is 41.6 Å². The fraction of sp³-hybridized carbons (Fsp3) is 0.208. The highest BCUT2D eigenvalue weighted by atomic mass is 16.5. The summed E-state index contributed by atoms with van der Waals surface area (Å²) in [6, 6.07) is 22.3. The summed E-state index contributed by atoms with van der Waals surface area (Å²) < 4.78 is 5.45. The molecule has 144 valence electrons. The highest BCUT2D eigenvalue weighted by Gasteiger charge is 2.11. The van der Waals surface area contributed by atoms with Gasteiger partial charge in [-0.3, -0.25) is 4.79 Å². The number of aryl methyl sites for hydroxylation is 1. The molecule has 4 nitrogen and oxygen atoms in total. The summed E-state index contributed by atoms with van der Waals surface area (Å²) in [4.78, 5) is 13.7. The van der Waals surface area contributed by atoms with Crippen LogP contribution >= 0.6 is 0 Å². The first-order chi connectivity index (χ1) is 13.5. The zero-order valence-corrected chi connectivity index (χ0v) is 16.8. The monoisotopic (exact) mass is 374 g/mol. The van der Waals surface area contributed by atoms with Gasteiger partial charge in [0, 0.05) is 37.5 Å². The predicted octanol–water partition coefficient (Wildman–Crippen LogP) is 4.98. The van der Waals surface area contributed by atoms with Crippen molar-refractivity contribution >= 4 is 11.6 Å². The van der Waals surface area contributed by atoms with Crippen molar-refractivity contribution in [1.82, 2.24) is 4.90 Å². The second-order valence-corrected chi connectivity index (χ2v) is 6.98.